The first-order chi connectivity index (χ1) is 10.1. The van der Waals surface area contributed by atoms with Crippen LogP contribution in [0, 0.1) is 13.8 Å². The minimum absolute atomic E-state index is 0.0399. The van der Waals surface area contributed by atoms with Crippen molar-refractivity contribution in [2.24, 2.45) is 0 Å². The lowest BCUT2D eigenvalue weighted by Gasteiger charge is -2.14. The number of carbonyl (C=O) groups is 1. The highest BCUT2D eigenvalue weighted by atomic mass is 16.5. The van der Waals surface area contributed by atoms with E-state index in [1.165, 1.54) is 18.4 Å². The van der Waals surface area contributed by atoms with Gasteiger partial charge in [-0.25, -0.2) is 0 Å². The van der Waals surface area contributed by atoms with Crippen LogP contribution in [0.1, 0.15) is 42.9 Å². The fourth-order valence-corrected chi connectivity index (χ4v) is 2.45. The first-order valence-corrected chi connectivity index (χ1v) is 7.83. The predicted molar refractivity (Wildman–Crippen MR) is 84.6 cm³/mol. The van der Waals surface area contributed by atoms with Gasteiger partial charge < -0.3 is 15.4 Å². The van der Waals surface area contributed by atoms with Gasteiger partial charge in [0.25, 0.3) is 0 Å². The van der Waals surface area contributed by atoms with E-state index in [0.29, 0.717) is 19.6 Å². The zero-order valence-corrected chi connectivity index (χ0v) is 13.3. The SMILES string of the molecule is CCNC(=O)CCOc1c(C)cc(CNC2CC2)cc1C. The van der Waals surface area contributed by atoms with Crippen molar-refractivity contribution in [1.82, 2.24) is 10.6 Å². The Bertz CT molecular complexity index is 473. The van der Waals surface area contributed by atoms with Crippen molar-refractivity contribution >= 4 is 5.91 Å². The van der Waals surface area contributed by atoms with Gasteiger partial charge in [0.15, 0.2) is 0 Å². The molecule has 116 valence electrons. The number of carbonyl (C=O) groups excluding carboxylic acids is 1. The maximum atomic E-state index is 11.4. The molecule has 0 unspecified atom stereocenters. The molecule has 1 aromatic carbocycles. The van der Waals surface area contributed by atoms with Crippen LogP contribution < -0.4 is 15.4 Å². The third-order valence-corrected chi connectivity index (χ3v) is 3.64. The maximum absolute atomic E-state index is 11.4. The van der Waals surface area contributed by atoms with Crippen LogP contribution in [0.25, 0.3) is 0 Å². The normalized spacial score (nSPS) is 14.0. The van der Waals surface area contributed by atoms with Crippen LogP contribution in [-0.2, 0) is 11.3 Å². The Morgan fingerprint density at radius 3 is 2.52 bits per heavy atom. The Morgan fingerprint density at radius 2 is 1.95 bits per heavy atom. The largest absolute Gasteiger partial charge is 0.493 e. The quantitative estimate of drug-likeness (QED) is 0.773. The average molecular weight is 290 g/mol. The molecule has 1 aliphatic carbocycles. The van der Waals surface area contributed by atoms with Gasteiger partial charge in [-0.3, -0.25) is 4.79 Å². The number of aryl methyl sites for hydroxylation is 2. The molecule has 2 rings (SSSR count). The highest BCUT2D eigenvalue weighted by Gasteiger charge is 2.20. The Hall–Kier alpha value is -1.55. The molecule has 0 atom stereocenters. The molecule has 1 fully saturated rings. The molecule has 4 heteroatoms. The predicted octanol–water partition coefficient (Wildman–Crippen LogP) is 2.46. The molecule has 0 heterocycles. The van der Waals surface area contributed by atoms with Crippen molar-refractivity contribution < 1.29 is 9.53 Å². The number of ether oxygens (including phenoxy) is 1. The molecule has 2 N–H and O–H groups in total. The smallest absolute Gasteiger partial charge is 0.223 e. The highest BCUT2D eigenvalue weighted by molar-refractivity contribution is 5.75. The molecular weight excluding hydrogens is 264 g/mol. The third kappa shape index (κ3) is 5.05. The van der Waals surface area contributed by atoms with Crippen molar-refractivity contribution in [3.8, 4) is 5.75 Å². The first kappa shape index (κ1) is 15.8. The highest BCUT2D eigenvalue weighted by Crippen LogP contribution is 2.26. The lowest BCUT2D eigenvalue weighted by atomic mass is 10.1. The molecule has 0 aromatic heterocycles. The van der Waals surface area contributed by atoms with Crippen LogP contribution in [-0.4, -0.2) is 25.1 Å². The molecule has 4 nitrogen and oxygen atoms in total. The molecule has 21 heavy (non-hydrogen) atoms. The number of nitrogens with one attached hydrogen (secondary N) is 2. The van der Waals surface area contributed by atoms with Crippen LogP contribution in [0.5, 0.6) is 5.75 Å². The molecule has 0 aliphatic heterocycles. The van der Waals surface area contributed by atoms with Crippen molar-refractivity contribution in [3.05, 3.63) is 28.8 Å². The number of hydrogen-bond donors (Lipinski definition) is 2. The summed E-state index contributed by atoms with van der Waals surface area (Å²) in [4.78, 5) is 11.4. The summed E-state index contributed by atoms with van der Waals surface area (Å²) in [6.45, 7) is 8.06. The van der Waals surface area contributed by atoms with E-state index in [1.807, 2.05) is 6.92 Å². The number of hydrogen-bond acceptors (Lipinski definition) is 3. The van der Waals surface area contributed by atoms with Gasteiger partial charge in [-0.05, 0) is 50.3 Å². The topological polar surface area (TPSA) is 50.4 Å². The van der Waals surface area contributed by atoms with Crippen molar-refractivity contribution in [2.45, 2.75) is 52.6 Å². The van der Waals surface area contributed by atoms with E-state index >= 15 is 0 Å². The molecule has 1 aliphatic rings. The Balaban J connectivity index is 1.88. The second-order valence-electron chi connectivity index (χ2n) is 5.77. The zero-order valence-electron chi connectivity index (χ0n) is 13.3. The summed E-state index contributed by atoms with van der Waals surface area (Å²) >= 11 is 0. The van der Waals surface area contributed by atoms with Gasteiger partial charge in [-0.1, -0.05) is 12.1 Å². The summed E-state index contributed by atoms with van der Waals surface area (Å²) in [6.07, 6.45) is 3.01. The fraction of sp³-hybridized carbons (Fsp3) is 0.588. The van der Waals surface area contributed by atoms with E-state index in [1.54, 1.807) is 0 Å². The van der Waals surface area contributed by atoms with Crippen LogP contribution >= 0.6 is 0 Å². The summed E-state index contributed by atoms with van der Waals surface area (Å²) in [5, 5.41) is 6.30. The van der Waals surface area contributed by atoms with Gasteiger partial charge >= 0.3 is 0 Å². The summed E-state index contributed by atoms with van der Waals surface area (Å²) in [5.74, 6) is 0.951. The van der Waals surface area contributed by atoms with Crippen molar-refractivity contribution in [2.75, 3.05) is 13.2 Å². The molecule has 0 radical (unpaired) electrons. The van der Waals surface area contributed by atoms with E-state index in [4.69, 9.17) is 4.74 Å². The summed E-state index contributed by atoms with van der Waals surface area (Å²) in [6, 6.07) is 5.06. The van der Waals surface area contributed by atoms with E-state index in [-0.39, 0.29) is 5.91 Å². The van der Waals surface area contributed by atoms with Gasteiger partial charge in [0.1, 0.15) is 5.75 Å². The van der Waals surface area contributed by atoms with Crippen molar-refractivity contribution in [1.29, 1.82) is 0 Å². The van der Waals surface area contributed by atoms with Gasteiger partial charge in [0, 0.05) is 19.1 Å². The Labute approximate surface area is 127 Å². The monoisotopic (exact) mass is 290 g/mol. The standard InChI is InChI=1S/C17H26N2O2/c1-4-18-16(20)7-8-21-17-12(2)9-14(10-13(17)3)11-19-15-5-6-15/h9-10,15,19H,4-8,11H2,1-3H3,(H,18,20). The Kier molecular flexibility index (Phi) is 5.62. The van der Waals surface area contributed by atoms with Gasteiger partial charge in [0.05, 0.1) is 13.0 Å². The molecule has 1 aromatic rings. The Morgan fingerprint density at radius 1 is 1.29 bits per heavy atom. The lowest BCUT2D eigenvalue weighted by molar-refractivity contribution is -0.121. The molecular formula is C17H26N2O2. The zero-order chi connectivity index (χ0) is 15.2. The lowest BCUT2D eigenvalue weighted by Crippen LogP contribution is -2.24. The van der Waals surface area contributed by atoms with E-state index in [2.05, 4.69) is 36.6 Å². The van der Waals surface area contributed by atoms with Gasteiger partial charge in [-0.2, -0.15) is 0 Å². The average Bonchev–Trinajstić information content (AvgIpc) is 3.24. The van der Waals surface area contributed by atoms with Crippen LogP contribution in [0.2, 0.25) is 0 Å². The van der Waals surface area contributed by atoms with Crippen LogP contribution in [0.4, 0.5) is 0 Å². The van der Waals surface area contributed by atoms with Gasteiger partial charge in [-0.15, -0.1) is 0 Å². The molecule has 1 amide bonds. The number of rotatable bonds is 8. The van der Waals surface area contributed by atoms with E-state index in [9.17, 15) is 4.79 Å². The first-order valence-electron chi connectivity index (χ1n) is 7.83. The minimum atomic E-state index is 0.0399. The summed E-state index contributed by atoms with van der Waals surface area (Å²) < 4.78 is 5.80. The van der Waals surface area contributed by atoms with Crippen LogP contribution in [0.3, 0.4) is 0 Å². The minimum Gasteiger partial charge on any atom is -0.493 e. The maximum Gasteiger partial charge on any atom is 0.223 e. The third-order valence-electron chi connectivity index (χ3n) is 3.64. The second kappa shape index (κ2) is 7.46. The molecule has 1 saturated carbocycles. The van der Waals surface area contributed by atoms with Gasteiger partial charge in [0.2, 0.25) is 5.91 Å². The number of benzene rings is 1. The van der Waals surface area contributed by atoms with Crippen molar-refractivity contribution in [3.63, 3.8) is 0 Å². The molecule has 0 saturated heterocycles. The van der Waals surface area contributed by atoms with E-state index < -0.39 is 0 Å². The molecule has 0 bridgehead atoms. The summed E-state index contributed by atoms with van der Waals surface area (Å²) in [7, 11) is 0. The van der Waals surface area contributed by atoms with E-state index in [0.717, 1.165) is 29.5 Å². The molecule has 0 spiro atoms. The number of amides is 1. The fourth-order valence-electron chi connectivity index (χ4n) is 2.45. The van der Waals surface area contributed by atoms with Crippen LogP contribution in [0.15, 0.2) is 12.1 Å². The summed E-state index contributed by atoms with van der Waals surface area (Å²) in [5.41, 5.74) is 3.57. The second-order valence-corrected chi connectivity index (χ2v) is 5.77.